The van der Waals surface area contributed by atoms with Gasteiger partial charge in [0.2, 0.25) is 5.89 Å². The van der Waals surface area contributed by atoms with Crippen LogP contribution in [-0.2, 0) is 6.42 Å². The van der Waals surface area contributed by atoms with Gasteiger partial charge < -0.3 is 9.15 Å². The molecule has 0 aliphatic rings. The summed E-state index contributed by atoms with van der Waals surface area (Å²) >= 11 is 0. The van der Waals surface area contributed by atoms with Gasteiger partial charge in [-0.1, -0.05) is 54.3 Å². The minimum absolute atomic E-state index is 0.0828. The third-order valence-electron chi connectivity index (χ3n) is 4.03. The fourth-order valence-corrected chi connectivity index (χ4v) is 2.49. The lowest BCUT2D eigenvalue weighted by atomic mass is 10.1. The summed E-state index contributed by atoms with van der Waals surface area (Å²) in [5, 5.41) is 10.5. The van der Waals surface area contributed by atoms with Crippen molar-refractivity contribution in [2.45, 2.75) is 33.1 Å². The van der Waals surface area contributed by atoms with Crippen LogP contribution < -0.4 is 10.1 Å². The minimum Gasteiger partial charge on any atom is -0.494 e. The lowest BCUT2D eigenvalue weighted by Gasteiger charge is -2.07. The number of hydrogen-bond donors (Lipinski definition) is 1. The molecule has 0 aliphatic carbocycles. The first kappa shape index (κ1) is 18.6. The summed E-state index contributed by atoms with van der Waals surface area (Å²) in [7, 11) is 0. The van der Waals surface area contributed by atoms with E-state index in [1.54, 1.807) is 18.2 Å². The van der Waals surface area contributed by atoms with E-state index in [0.717, 1.165) is 18.4 Å². The number of anilines is 1. The molecule has 0 saturated heterocycles. The highest BCUT2D eigenvalue weighted by Gasteiger charge is 2.13. The second kappa shape index (κ2) is 8.98. The molecule has 0 bridgehead atoms. The van der Waals surface area contributed by atoms with Gasteiger partial charge >= 0.3 is 6.01 Å². The number of carbonyl (C=O) groups is 1. The monoisotopic (exact) mass is 365 g/mol. The fourth-order valence-electron chi connectivity index (χ4n) is 2.49. The van der Waals surface area contributed by atoms with Gasteiger partial charge in [-0.05, 0) is 37.1 Å². The maximum Gasteiger partial charge on any atom is 0.322 e. The molecule has 1 amide bonds. The summed E-state index contributed by atoms with van der Waals surface area (Å²) < 4.78 is 11.2. The molecule has 0 radical (unpaired) electrons. The first-order chi connectivity index (χ1) is 13.1. The molecular formula is C21H23N3O3. The van der Waals surface area contributed by atoms with Crippen molar-refractivity contribution in [3.05, 3.63) is 71.1 Å². The number of aromatic nitrogens is 2. The molecule has 6 heteroatoms. The van der Waals surface area contributed by atoms with E-state index in [4.69, 9.17) is 9.15 Å². The largest absolute Gasteiger partial charge is 0.494 e. The third-order valence-corrected chi connectivity index (χ3v) is 4.03. The number of nitrogens with one attached hydrogen (secondary N) is 1. The van der Waals surface area contributed by atoms with E-state index in [-0.39, 0.29) is 11.9 Å². The number of aryl methyl sites for hydroxylation is 1. The molecule has 0 fully saturated rings. The topological polar surface area (TPSA) is 77.2 Å². The Hall–Kier alpha value is -3.15. The molecule has 0 saturated carbocycles. The van der Waals surface area contributed by atoms with Crippen molar-refractivity contribution in [3.63, 3.8) is 0 Å². The fraction of sp³-hybridized carbons (Fsp3) is 0.286. The zero-order valence-electron chi connectivity index (χ0n) is 15.6. The zero-order chi connectivity index (χ0) is 19.1. The maximum atomic E-state index is 12.4. The van der Waals surface area contributed by atoms with Crippen molar-refractivity contribution >= 4 is 11.9 Å². The Morgan fingerprint density at radius 3 is 2.74 bits per heavy atom. The van der Waals surface area contributed by atoms with E-state index in [9.17, 15) is 4.79 Å². The molecule has 27 heavy (non-hydrogen) atoms. The molecular weight excluding hydrogens is 342 g/mol. The normalized spacial score (nSPS) is 10.6. The number of rotatable bonds is 8. The van der Waals surface area contributed by atoms with E-state index in [2.05, 4.69) is 22.4 Å². The molecule has 0 unspecified atom stereocenters. The van der Waals surface area contributed by atoms with Crippen molar-refractivity contribution in [2.24, 2.45) is 0 Å². The van der Waals surface area contributed by atoms with Gasteiger partial charge in [0.25, 0.3) is 5.91 Å². The Balaban J connectivity index is 1.60. The molecule has 140 valence electrons. The average Bonchev–Trinajstić information content (AvgIpc) is 3.11. The third kappa shape index (κ3) is 5.41. The predicted octanol–water partition coefficient (Wildman–Crippen LogP) is 4.40. The highest BCUT2D eigenvalue weighted by molar-refractivity contribution is 6.03. The SMILES string of the molecule is CCCCOc1cccc(C(=O)Nc2nnc(Cc3ccc(C)cc3)o2)c1. The first-order valence-electron chi connectivity index (χ1n) is 9.06. The summed E-state index contributed by atoms with van der Waals surface area (Å²) in [6, 6.07) is 15.2. The van der Waals surface area contributed by atoms with Crippen molar-refractivity contribution in [2.75, 3.05) is 11.9 Å². The van der Waals surface area contributed by atoms with Crippen LogP contribution in [-0.4, -0.2) is 22.7 Å². The van der Waals surface area contributed by atoms with Crippen LogP contribution in [0.3, 0.4) is 0 Å². The summed E-state index contributed by atoms with van der Waals surface area (Å²) in [5.41, 5.74) is 2.74. The van der Waals surface area contributed by atoms with Crippen LogP contribution >= 0.6 is 0 Å². The summed E-state index contributed by atoms with van der Waals surface area (Å²) in [6.07, 6.45) is 2.55. The van der Waals surface area contributed by atoms with Crippen molar-refractivity contribution in [3.8, 4) is 5.75 Å². The van der Waals surface area contributed by atoms with Gasteiger partial charge in [-0.3, -0.25) is 10.1 Å². The highest BCUT2D eigenvalue weighted by Crippen LogP contribution is 2.16. The molecule has 1 aromatic heterocycles. The van der Waals surface area contributed by atoms with Crippen LogP contribution in [0.5, 0.6) is 5.75 Å². The number of ether oxygens (including phenoxy) is 1. The quantitative estimate of drug-likeness (QED) is 0.599. The van der Waals surface area contributed by atoms with Crippen molar-refractivity contribution < 1.29 is 13.9 Å². The molecule has 0 aliphatic heterocycles. The second-order valence-electron chi connectivity index (χ2n) is 6.35. The number of amides is 1. The predicted molar refractivity (Wildman–Crippen MR) is 103 cm³/mol. The van der Waals surface area contributed by atoms with Crippen molar-refractivity contribution in [1.82, 2.24) is 10.2 Å². The van der Waals surface area contributed by atoms with Crippen molar-refractivity contribution in [1.29, 1.82) is 0 Å². The number of hydrogen-bond acceptors (Lipinski definition) is 5. The van der Waals surface area contributed by atoms with Crippen LogP contribution in [0.4, 0.5) is 6.01 Å². The highest BCUT2D eigenvalue weighted by atomic mass is 16.5. The Bertz CT molecular complexity index is 888. The lowest BCUT2D eigenvalue weighted by Crippen LogP contribution is -2.12. The van der Waals surface area contributed by atoms with Gasteiger partial charge in [0.1, 0.15) is 5.75 Å². The lowest BCUT2D eigenvalue weighted by molar-refractivity contribution is 0.102. The standard InChI is InChI=1S/C21H23N3O3/c1-3-4-12-26-18-7-5-6-17(14-18)20(25)22-21-24-23-19(27-21)13-16-10-8-15(2)9-11-16/h5-11,14H,3-4,12-13H2,1-2H3,(H,22,24,25). The number of unbranched alkanes of at least 4 members (excludes halogenated alkanes) is 1. The first-order valence-corrected chi connectivity index (χ1v) is 9.06. The smallest absolute Gasteiger partial charge is 0.322 e. The second-order valence-corrected chi connectivity index (χ2v) is 6.35. The zero-order valence-corrected chi connectivity index (χ0v) is 15.6. The number of benzene rings is 2. The van der Waals surface area contributed by atoms with Gasteiger partial charge in [-0.15, -0.1) is 5.10 Å². The Labute approximate surface area is 158 Å². The van der Waals surface area contributed by atoms with Crippen LogP contribution in [0, 0.1) is 6.92 Å². The Morgan fingerprint density at radius 2 is 1.96 bits per heavy atom. The van der Waals surface area contributed by atoms with Crippen LogP contribution in [0.1, 0.15) is 47.1 Å². The molecule has 1 N–H and O–H groups in total. The molecule has 2 aromatic carbocycles. The minimum atomic E-state index is -0.318. The van der Waals surface area contributed by atoms with Gasteiger partial charge in [0, 0.05) is 5.56 Å². The maximum absolute atomic E-state index is 12.4. The van der Waals surface area contributed by atoms with E-state index in [1.165, 1.54) is 5.56 Å². The van der Waals surface area contributed by atoms with E-state index in [0.29, 0.717) is 30.2 Å². The molecule has 0 spiro atoms. The Kier molecular flexibility index (Phi) is 6.20. The average molecular weight is 365 g/mol. The van der Waals surface area contributed by atoms with Crippen LogP contribution in [0.2, 0.25) is 0 Å². The van der Waals surface area contributed by atoms with Crippen LogP contribution in [0.15, 0.2) is 52.9 Å². The van der Waals surface area contributed by atoms with Gasteiger partial charge in [0.05, 0.1) is 13.0 Å². The van der Waals surface area contributed by atoms with Gasteiger partial charge in [0.15, 0.2) is 0 Å². The summed E-state index contributed by atoms with van der Waals surface area (Å²) in [6.45, 7) is 4.77. The van der Waals surface area contributed by atoms with E-state index < -0.39 is 0 Å². The number of nitrogens with zero attached hydrogens (tertiary/aromatic N) is 2. The van der Waals surface area contributed by atoms with Gasteiger partial charge in [-0.25, -0.2) is 0 Å². The summed E-state index contributed by atoms with van der Waals surface area (Å²) in [5.74, 6) is 0.800. The molecule has 1 heterocycles. The molecule has 0 atom stereocenters. The molecule has 3 aromatic rings. The number of carbonyl (C=O) groups excluding carboxylic acids is 1. The Morgan fingerprint density at radius 1 is 1.15 bits per heavy atom. The van der Waals surface area contributed by atoms with E-state index >= 15 is 0 Å². The molecule has 6 nitrogen and oxygen atoms in total. The van der Waals surface area contributed by atoms with Crippen LogP contribution in [0.25, 0.3) is 0 Å². The van der Waals surface area contributed by atoms with E-state index in [1.807, 2.05) is 37.3 Å². The molecule has 3 rings (SSSR count). The summed E-state index contributed by atoms with van der Waals surface area (Å²) in [4.78, 5) is 12.4. The van der Waals surface area contributed by atoms with Gasteiger partial charge in [-0.2, -0.15) is 0 Å².